The summed E-state index contributed by atoms with van der Waals surface area (Å²) in [5.41, 5.74) is 4.22. The number of carbonyl (C=O) groups is 1. The van der Waals surface area contributed by atoms with Crippen molar-refractivity contribution in [1.29, 1.82) is 0 Å². The number of rotatable bonds is 5. The first-order valence-electron chi connectivity index (χ1n) is 8.03. The highest BCUT2D eigenvalue weighted by Crippen LogP contribution is 2.34. The van der Waals surface area contributed by atoms with Gasteiger partial charge in [-0.2, -0.15) is 0 Å². The molecule has 0 unspecified atom stereocenters. The zero-order valence-corrected chi connectivity index (χ0v) is 13.7. The topological polar surface area (TPSA) is 41.6 Å². The van der Waals surface area contributed by atoms with Gasteiger partial charge >= 0.3 is 0 Å². The molecule has 0 aromatic heterocycles. The maximum atomic E-state index is 11.9. The lowest BCUT2D eigenvalue weighted by atomic mass is 10.1. The van der Waals surface area contributed by atoms with Crippen molar-refractivity contribution < 1.29 is 9.53 Å². The molecule has 1 aliphatic rings. The second-order valence-corrected chi connectivity index (χ2v) is 5.68. The number of benzene rings is 2. The Morgan fingerprint density at radius 3 is 2.67 bits per heavy atom. The van der Waals surface area contributed by atoms with Crippen LogP contribution in [0, 0.1) is 12.3 Å². The van der Waals surface area contributed by atoms with Crippen molar-refractivity contribution in [3.05, 3.63) is 53.6 Å². The molecule has 0 spiro atoms. The molecule has 24 heavy (non-hydrogen) atoms. The van der Waals surface area contributed by atoms with Gasteiger partial charge in [0, 0.05) is 18.3 Å². The van der Waals surface area contributed by atoms with Gasteiger partial charge in [-0.25, -0.2) is 0 Å². The standard InChI is InChI=1S/C20H20N2O2/c1-3-11-22-18-10-9-17(12-19(18)24-14-20(22)23)21-13-16-7-5-15(4-2)6-8-16/h1,5-10,12,21H,4,11,13-14H2,2H3. The molecule has 0 atom stereocenters. The number of anilines is 2. The van der Waals surface area contributed by atoms with Gasteiger partial charge in [-0.1, -0.05) is 37.1 Å². The Morgan fingerprint density at radius 1 is 1.21 bits per heavy atom. The summed E-state index contributed by atoms with van der Waals surface area (Å²) < 4.78 is 5.54. The predicted octanol–water partition coefficient (Wildman–Crippen LogP) is 3.22. The van der Waals surface area contributed by atoms with Crippen LogP contribution in [0.15, 0.2) is 42.5 Å². The van der Waals surface area contributed by atoms with E-state index in [-0.39, 0.29) is 19.1 Å². The number of carbonyl (C=O) groups excluding carboxylic acids is 1. The Morgan fingerprint density at radius 2 is 1.96 bits per heavy atom. The van der Waals surface area contributed by atoms with Crippen molar-refractivity contribution in [2.75, 3.05) is 23.4 Å². The SMILES string of the molecule is C#CCN1C(=O)COc2cc(NCc3ccc(CC)cc3)ccc21. The summed E-state index contributed by atoms with van der Waals surface area (Å²) in [7, 11) is 0. The summed E-state index contributed by atoms with van der Waals surface area (Å²) in [4.78, 5) is 13.5. The number of terminal acetylenes is 1. The Hall–Kier alpha value is -2.93. The number of hydrogen-bond donors (Lipinski definition) is 1. The first-order chi connectivity index (χ1) is 11.7. The predicted molar refractivity (Wildman–Crippen MR) is 96.3 cm³/mol. The van der Waals surface area contributed by atoms with Crippen molar-refractivity contribution in [3.63, 3.8) is 0 Å². The number of nitrogens with zero attached hydrogens (tertiary/aromatic N) is 1. The summed E-state index contributed by atoms with van der Waals surface area (Å²) in [6, 6.07) is 14.3. The average molecular weight is 320 g/mol. The number of amides is 1. The van der Waals surface area contributed by atoms with E-state index in [0.717, 1.165) is 24.3 Å². The van der Waals surface area contributed by atoms with E-state index in [1.807, 2.05) is 18.2 Å². The number of ether oxygens (including phenoxy) is 1. The monoisotopic (exact) mass is 320 g/mol. The molecule has 1 aliphatic heterocycles. The van der Waals surface area contributed by atoms with Gasteiger partial charge in [-0.05, 0) is 29.7 Å². The molecule has 2 aromatic rings. The Balaban J connectivity index is 1.71. The van der Waals surface area contributed by atoms with Crippen LogP contribution in [-0.4, -0.2) is 19.1 Å². The van der Waals surface area contributed by atoms with Crippen LogP contribution in [0.5, 0.6) is 5.75 Å². The van der Waals surface area contributed by atoms with E-state index in [0.29, 0.717) is 5.75 Å². The van der Waals surface area contributed by atoms with Crippen molar-refractivity contribution >= 4 is 17.3 Å². The average Bonchev–Trinajstić information content (AvgIpc) is 2.63. The lowest BCUT2D eigenvalue weighted by Gasteiger charge is -2.28. The van der Waals surface area contributed by atoms with Crippen molar-refractivity contribution in [2.24, 2.45) is 0 Å². The van der Waals surface area contributed by atoms with Gasteiger partial charge < -0.3 is 10.1 Å². The van der Waals surface area contributed by atoms with Crippen LogP contribution in [-0.2, 0) is 17.8 Å². The van der Waals surface area contributed by atoms with Gasteiger partial charge in [0.1, 0.15) is 5.75 Å². The van der Waals surface area contributed by atoms with Crippen LogP contribution < -0.4 is 15.0 Å². The van der Waals surface area contributed by atoms with E-state index < -0.39 is 0 Å². The number of aryl methyl sites for hydroxylation is 1. The molecular formula is C20H20N2O2. The molecule has 0 saturated heterocycles. The largest absolute Gasteiger partial charge is 0.481 e. The maximum absolute atomic E-state index is 11.9. The highest BCUT2D eigenvalue weighted by Gasteiger charge is 2.24. The fourth-order valence-corrected chi connectivity index (χ4v) is 2.68. The molecule has 0 saturated carbocycles. The van der Waals surface area contributed by atoms with E-state index >= 15 is 0 Å². The Bertz CT molecular complexity index is 775. The molecule has 122 valence electrons. The highest BCUT2D eigenvalue weighted by molar-refractivity contribution is 5.98. The summed E-state index contributed by atoms with van der Waals surface area (Å²) >= 11 is 0. The van der Waals surface area contributed by atoms with Crippen LogP contribution in [0.2, 0.25) is 0 Å². The Kier molecular flexibility index (Phi) is 4.72. The third-order valence-corrected chi connectivity index (χ3v) is 4.08. The van der Waals surface area contributed by atoms with Crippen LogP contribution in [0.1, 0.15) is 18.1 Å². The van der Waals surface area contributed by atoms with Crippen molar-refractivity contribution in [2.45, 2.75) is 19.9 Å². The van der Waals surface area contributed by atoms with Crippen LogP contribution >= 0.6 is 0 Å². The first-order valence-corrected chi connectivity index (χ1v) is 8.03. The minimum atomic E-state index is -0.114. The number of nitrogens with one attached hydrogen (secondary N) is 1. The van der Waals surface area contributed by atoms with Gasteiger partial charge in [0.25, 0.3) is 5.91 Å². The fraction of sp³-hybridized carbons (Fsp3) is 0.250. The maximum Gasteiger partial charge on any atom is 0.265 e. The fourth-order valence-electron chi connectivity index (χ4n) is 2.68. The number of fused-ring (bicyclic) bond motifs is 1. The first kappa shape index (κ1) is 15.9. The van der Waals surface area contributed by atoms with Gasteiger partial charge in [-0.15, -0.1) is 6.42 Å². The smallest absolute Gasteiger partial charge is 0.265 e. The second kappa shape index (κ2) is 7.10. The van der Waals surface area contributed by atoms with Gasteiger partial charge in [0.05, 0.1) is 12.2 Å². The minimum Gasteiger partial charge on any atom is -0.481 e. The molecule has 0 fully saturated rings. The van der Waals surface area contributed by atoms with Crippen LogP contribution in [0.25, 0.3) is 0 Å². The third-order valence-electron chi connectivity index (χ3n) is 4.08. The summed E-state index contributed by atoms with van der Waals surface area (Å²) in [6.07, 6.45) is 6.39. The minimum absolute atomic E-state index is 0.0244. The molecule has 0 bridgehead atoms. The highest BCUT2D eigenvalue weighted by atomic mass is 16.5. The molecular weight excluding hydrogens is 300 g/mol. The normalized spacial score (nSPS) is 13.0. The molecule has 4 heteroatoms. The van der Waals surface area contributed by atoms with E-state index in [1.54, 1.807) is 4.90 Å². The molecule has 0 aliphatic carbocycles. The summed E-state index contributed by atoms with van der Waals surface area (Å²) in [6.45, 7) is 3.16. The van der Waals surface area contributed by atoms with Crippen LogP contribution in [0.3, 0.4) is 0 Å². The van der Waals surface area contributed by atoms with Crippen LogP contribution in [0.4, 0.5) is 11.4 Å². The summed E-state index contributed by atoms with van der Waals surface area (Å²) in [5.74, 6) is 3.08. The van der Waals surface area contributed by atoms with E-state index in [2.05, 4.69) is 42.4 Å². The van der Waals surface area contributed by atoms with E-state index in [1.165, 1.54) is 11.1 Å². The molecule has 1 amide bonds. The molecule has 1 N–H and O–H groups in total. The molecule has 1 heterocycles. The lowest BCUT2D eigenvalue weighted by molar-refractivity contribution is -0.121. The van der Waals surface area contributed by atoms with Gasteiger partial charge in [-0.3, -0.25) is 9.69 Å². The molecule has 2 aromatic carbocycles. The molecule has 4 nitrogen and oxygen atoms in total. The lowest BCUT2D eigenvalue weighted by Crippen LogP contribution is -2.38. The summed E-state index contributed by atoms with van der Waals surface area (Å²) in [5, 5.41) is 3.38. The van der Waals surface area contributed by atoms with Gasteiger partial charge in [0.15, 0.2) is 6.61 Å². The van der Waals surface area contributed by atoms with E-state index in [9.17, 15) is 4.79 Å². The van der Waals surface area contributed by atoms with Crippen molar-refractivity contribution in [1.82, 2.24) is 0 Å². The van der Waals surface area contributed by atoms with E-state index in [4.69, 9.17) is 11.2 Å². The zero-order chi connectivity index (χ0) is 16.9. The molecule has 3 rings (SSSR count). The quantitative estimate of drug-likeness (QED) is 0.860. The number of hydrogen-bond acceptors (Lipinski definition) is 3. The molecule has 0 radical (unpaired) electrons. The van der Waals surface area contributed by atoms with Gasteiger partial charge in [0.2, 0.25) is 0 Å². The second-order valence-electron chi connectivity index (χ2n) is 5.68. The van der Waals surface area contributed by atoms with Crippen molar-refractivity contribution in [3.8, 4) is 18.1 Å². The Labute approximate surface area is 142 Å². The zero-order valence-electron chi connectivity index (χ0n) is 13.7. The third kappa shape index (κ3) is 3.36.